The highest BCUT2D eigenvalue weighted by Crippen LogP contribution is 2.16. The van der Waals surface area contributed by atoms with Crippen LogP contribution in [0.25, 0.3) is 11.3 Å². The number of nitrogens with one attached hydrogen (secondary N) is 2. The highest BCUT2D eigenvalue weighted by Gasteiger charge is 2.12. The van der Waals surface area contributed by atoms with E-state index in [1.165, 1.54) is 0 Å². The molecule has 0 spiro atoms. The highest BCUT2D eigenvalue weighted by atomic mass is 16.2. The van der Waals surface area contributed by atoms with Gasteiger partial charge in [0.15, 0.2) is 5.82 Å². The predicted molar refractivity (Wildman–Crippen MR) is 73.0 cm³/mol. The Balaban J connectivity index is 1.78. The molecule has 0 unspecified atom stereocenters. The van der Waals surface area contributed by atoms with Crippen LogP contribution in [-0.2, 0) is 7.05 Å². The molecular weight excluding hydrogens is 256 g/mol. The standard InChI is InChI=1S/C13H12N6O/c1-19-6-4-12(18-19)15-13(20)11-7-10(16-17-11)9-3-2-5-14-8-9/h2-8H,1H3,(H,16,17)(H,15,18,20). The van der Waals surface area contributed by atoms with Crippen LogP contribution in [0.1, 0.15) is 10.5 Å². The second kappa shape index (κ2) is 4.96. The van der Waals surface area contributed by atoms with Crippen LogP contribution in [0.4, 0.5) is 5.82 Å². The Morgan fingerprint density at radius 3 is 3.00 bits per heavy atom. The molecule has 3 heterocycles. The van der Waals surface area contributed by atoms with Gasteiger partial charge < -0.3 is 5.32 Å². The van der Waals surface area contributed by atoms with Crippen LogP contribution < -0.4 is 5.32 Å². The maximum absolute atomic E-state index is 12.0. The molecular formula is C13H12N6O. The van der Waals surface area contributed by atoms with Crippen LogP contribution in [0.5, 0.6) is 0 Å². The summed E-state index contributed by atoms with van der Waals surface area (Å²) >= 11 is 0. The van der Waals surface area contributed by atoms with E-state index >= 15 is 0 Å². The van der Waals surface area contributed by atoms with Crippen LogP contribution >= 0.6 is 0 Å². The molecule has 100 valence electrons. The molecule has 1 amide bonds. The van der Waals surface area contributed by atoms with Gasteiger partial charge in [-0.05, 0) is 18.2 Å². The van der Waals surface area contributed by atoms with Crippen molar-refractivity contribution in [1.29, 1.82) is 0 Å². The Morgan fingerprint density at radius 2 is 2.30 bits per heavy atom. The van der Waals surface area contributed by atoms with Crippen LogP contribution in [0.3, 0.4) is 0 Å². The molecule has 0 bridgehead atoms. The number of aryl methyl sites for hydroxylation is 1. The Labute approximate surface area is 114 Å². The topological polar surface area (TPSA) is 88.5 Å². The Kier molecular flexibility index (Phi) is 3.00. The van der Waals surface area contributed by atoms with Crippen LogP contribution in [-0.4, -0.2) is 30.9 Å². The molecule has 3 aromatic rings. The second-order valence-corrected chi connectivity index (χ2v) is 4.24. The summed E-state index contributed by atoms with van der Waals surface area (Å²) in [4.78, 5) is 16.0. The van der Waals surface area contributed by atoms with Gasteiger partial charge in [0, 0.05) is 37.3 Å². The summed E-state index contributed by atoms with van der Waals surface area (Å²) in [6.07, 6.45) is 5.13. The van der Waals surface area contributed by atoms with Gasteiger partial charge in [-0.3, -0.25) is 19.6 Å². The van der Waals surface area contributed by atoms with Crippen molar-refractivity contribution in [3.05, 3.63) is 48.5 Å². The van der Waals surface area contributed by atoms with E-state index in [2.05, 4.69) is 25.6 Å². The number of pyridine rings is 1. The van der Waals surface area contributed by atoms with Crippen molar-refractivity contribution in [2.75, 3.05) is 5.32 Å². The number of anilines is 1. The number of rotatable bonds is 3. The molecule has 2 N–H and O–H groups in total. The first-order valence-corrected chi connectivity index (χ1v) is 5.99. The van der Waals surface area contributed by atoms with Gasteiger partial charge in [0.25, 0.3) is 5.91 Å². The third-order valence-electron chi connectivity index (χ3n) is 2.74. The van der Waals surface area contributed by atoms with Gasteiger partial charge in [0.05, 0.1) is 5.69 Å². The number of aromatic nitrogens is 5. The summed E-state index contributed by atoms with van der Waals surface area (Å²) < 4.78 is 1.61. The van der Waals surface area contributed by atoms with Gasteiger partial charge in [-0.1, -0.05) is 0 Å². The molecule has 0 aliphatic heterocycles. The average molecular weight is 268 g/mol. The molecule has 0 saturated heterocycles. The summed E-state index contributed by atoms with van der Waals surface area (Å²) in [5, 5.41) is 13.6. The zero-order chi connectivity index (χ0) is 13.9. The van der Waals surface area contributed by atoms with Crippen LogP contribution in [0, 0.1) is 0 Å². The SMILES string of the molecule is Cn1ccc(NC(=O)c2cc(-c3cccnc3)n[nH]2)n1. The summed E-state index contributed by atoms with van der Waals surface area (Å²) in [6, 6.07) is 7.09. The molecule has 0 aromatic carbocycles. The first-order valence-electron chi connectivity index (χ1n) is 5.99. The maximum Gasteiger partial charge on any atom is 0.274 e. The van der Waals surface area contributed by atoms with Crippen LogP contribution in [0.15, 0.2) is 42.9 Å². The molecule has 0 atom stereocenters. The largest absolute Gasteiger partial charge is 0.304 e. The van der Waals surface area contributed by atoms with Crippen molar-refractivity contribution in [1.82, 2.24) is 25.0 Å². The number of carbonyl (C=O) groups is 1. The molecule has 3 rings (SSSR count). The summed E-state index contributed by atoms with van der Waals surface area (Å²) in [6.45, 7) is 0. The molecule has 3 aromatic heterocycles. The van der Waals surface area contributed by atoms with E-state index < -0.39 is 0 Å². The lowest BCUT2D eigenvalue weighted by Crippen LogP contribution is -2.12. The lowest BCUT2D eigenvalue weighted by Gasteiger charge is -1.97. The maximum atomic E-state index is 12.0. The van der Waals surface area contributed by atoms with Gasteiger partial charge >= 0.3 is 0 Å². The molecule has 7 heteroatoms. The quantitative estimate of drug-likeness (QED) is 0.752. The van der Waals surface area contributed by atoms with Crippen molar-refractivity contribution in [3.63, 3.8) is 0 Å². The third-order valence-corrected chi connectivity index (χ3v) is 2.74. The molecule has 20 heavy (non-hydrogen) atoms. The van der Waals surface area contributed by atoms with Crippen molar-refractivity contribution in [2.24, 2.45) is 7.05 Å². The zero-order valence-electron chi connectivity index (χ0n) is 10.7. The Bertz CT molecular complexity index is 730. The Morgan fingerprint density at radius 1 is 1.40 bits per heavy atom. The van der Waals surface area contributed by atoms with Gasteiger partial charge in [-0.25, -0.2) is 0 Å². The number of hydrogen-bond donors (Lipinski definition) is 2. The predicted octanol–water partition coefficient (Wildman–Crippen LogP) is 1.46. The number of H-pyrrole nitrogens is 1. The van der Waals surface area contributed by atoms with E-state index in [-0.39, 0.29) is 5.91 Å². The average Bonchev–Trinajstić information content (AvgIpc) is 3.09. The van der Waals surface area contributed by atoms with E-state index in [0.29, 0.717) is 17.2 Å². The molecule has 7 nitrogen and oxygen atoms in total. The third kappa shape index (κ3) is 2.41. The molecule has 0 radical (unpaired) electrons. The lowest BCUT2D eigenvalue weighted by atomic mass is 10.2. The summed E-state index contributed by atoms with van der Waals surface area (Å²) in [5.74, 6) is 0.210. The number of carbonyl (C=O) groups excluding carboxylic acids is 1. The first-order chi connectivity index (χ1) is 9.72. The fourth-order valence-electron chi connectivity index (χ4n) is 1.77. The fraction of sp³-hybridized carbons (Fsp3) is 0.0769. The van der Waals surface area contributed by atoms with Crippen LogP contribution in [0.2, 0.25) is 0 Å². The van der Waals surface area contributed by atoms with E-state index in [0.717, 1.165) is 5.56 Å². The van der Waals surface area contributed by atoms with Gasteiger partial charge in [-0.2, -0.15) is 10.2 Å². The van der Waals surface area contributed by atoms with Gasteiger partial charge in [-0.15, -0.1) is 0 Å². The summed E-state index contributed by atoms with van der Waals surface area (Å²) in [5.41, 5.74) is 1.89. The monoisotopic (exact) mass is 268 g/mol. The van der Waals surface area contributed by atoms with Crippen molar-refractivity contribution < 1.29 is 4.79 Å². The number of amides is 1. The number of nitrogens with zero attached hydrogens (tertiary/aromatic N) is 4. The van der Waals surface area contributed by atoms with Crippen molar-refractivity contribution >= 4 is 11.7 Å². The fourth-order valence-corrected chi connectivity index (χ4v) is 1.77. The number of hydrogen-bond acceptors (Lipinski definition) is 4. The normalized spacial score (nSPS) is 10.4. The Hall–Kier alpha value is -2.96. The minimum absolute atomic E-state index is 0.286. The van der Waals surface area contributed by atoms with E-state index in [9.17, 15) is 4.79 Å². The minimum Gasteiger partial charge on any atom is -0.304 e. The second-order valence-electron chi connectivity index (χ2n) is 4.24. The van der Waals surface area contributed by atoms with E-state index in [4.69, 9.17) is 0 Å². The first kappa shape index (κ1) is 12.1. The van der Waals surface area contributed by atoms with Crippen molar-refractivity contribution in [3.8, 4) is 11.3 Å². The van der Waals surface area contributed by atoms with Crippen molar-refractivity contribution in [2.45, 2.75) is 0 Å². The van der Waals surface area contributed by atoms with E-state index in [1.807, 2.05) is 12.1 Å². The number of aromatic amines is 1. The highest BCUT2D eigenvalue weighted by molar-refractivity contribution is 6.02. The molecule has 0 fully saturated rings. The van der Waals surface area contributed by atoms with E-state index in [1.54, 1.807) is 42.5 Å². The lowest BCUT2D eigenvalue weighted by molar-refractivity contribution is 0.102. The molecule has 0 aliphatic carbocycles. The van der Waals surface area contributed by atoms with Gasteiger partial charge in [0.1, 0.15) is 5.69 Å². The smallest absolute Gasteiger partial charge is 0.274 e. The minimum atomic E-state index is -0.286. The molecule has 0 saturated carbocycles. The molecule has 0 aliphatic rings. The zero-order valence-corrected chi connectivity index (χ0v) is 10.7. The summed E-state index contributed by atoms with van der Waals surface area (Å²) in [7, 11) is 1.78. The van der Waals surface area contributed by atoms with Gasteiger partial charge in [0.2, 0.25) is 0 Å².